The van der Waals surface area contributed by atoms with E-state index in [2.05, 4.69) is 16.5 Å². The SMILES string of the molecule is CCCNC(=O)CN(C)C(=O)c1cc2n(n1)CCCN(Cc1cccc(C)c1)C2=O. The van der Waals surface area contributed by atoms with Crippen molar-refractivity contribution in [1.29, 1.82) is 0 Å². The summed E-state index contributed by atoms with van der Waals surface area (Å²) in [7, 11) is 1.56. The number of carbonyl (C=O) groups is 3. The van der Waals surface area contributed by atoms with Crippen molar-refractivity contribution in [3.05, 3.63) is 52.8 Å². The van der Waals surface area contributed by atoms with Gasteiger partial charge in [-0.2, -0.15) is 5.10 Å². The summed E-state index contributed by atoms with van der Waals surface area (Å²) in [5.41, 5.74) is 2.82. The van der Waals surface area contributed by atoms with Crippen molar-refractivity contribution in [2.24, 2.45) is 0 Å². The first-order valence-corrected chi connectivity index (χ1v) is 10.3. The summed E-state index contributed by atoms with van der Waals surface area (Å²) in [6.07, 6.45) is 1.59. The third-order valence-electron chi connectivity index (χ3n) is 5.06. The number of hydrogen-bond donors (Lipinski definition) is 1. The predicted molar refractivity (Wildman–Crippen MR) is 113 cm³/mol. The molecule has 0 spiro atoms. The average molecular weight is 412 g/mol. The number of nitrogens with one attached hydrogen (secondary N) is 1. The molecule has 2 aromatic rings. The lowest BCUT2D eigenvalue weighted by Crippen LogP contribution is -2.38. The van der Waals surface area contributed by atoms with E-state index in [1.807, 2.05) is 32.0 Å². The molecule has 1 N–H and O–H groups in total. The summed E-state index contributed by atoms with van der Waals surface area (Å²) in [5.74, 6) is -0.724. The molecule has 0 bridgehead atoms. The van der Waals surface area contributed by atoms with Crippen LogP contribution in [0.15, 0.2) is 30.3 Å². The predicted octanol–water partition coefficient (Wildman–Crippen LogP) is 1.84. The van der Waals surface area contributed by atoms with Crippen LogP contribution in [0.2, 0.25) is 0 Å². The number of carbonyl (C=O) groups excluding carboxylic acids is 3. The van der Waals surface area contributed by atoms with Crippen LogP contribution in [0.5, 0.6) is 0 Å². The number of nitrogens with zero attached hydrogens (tertiary/aromatic N) is 4. The van der Waals surface area contributed by atoms with E-state index in [4.69, 9.17) is 0 Å². The Morgan fingerprint density at radius 1 is 1.23 bits per heavy atom. The van der Waals surface area contributed by atoms with Gasteiger partial charge in [0.25, 0.3) is 11.8 Å². The van der Waals surface area contributed by atoms with Crippen LogP contribution in [0.1, 0.15) is 51.9 Å². The van der Waals surface area contributed by atoms with Gasteiger partial charge >= 0.3 is 0 Å². The number of hydrogen-bond acceptors (Lipinski definition) is 4. The van der Waals surface area contributed by atoms with Crippen LogP contribution in [0.3, 0.4) is 0 Å². The van der Waals surface area contributed by atoms with Crippen LogP contribution >= 0.6 is 0 Å². The molecule has 0 radical (unpaired) electrons. The highest BCUT2D eigenvalue weighted by atomic mass is 16.2. The van der Waals surface area contributed by atoms with E-state index in [0.717, 1.165) is 24.0 Å². The Morgan fingerprint density at radius 2 is 2.03 bits per heavy atom. The minimum Gasteiger partial charge on any atom is -0.355 e. The van der Waals surface area contributed by atoms with Gasteiger partial charge < -0.3 is 15.1 Å². The minimum absolute atomic E-state index is 0.0472. The molecule has 8 nitrogen and oxygen atoms in total. The molecule has 160 valence electrons. The number of likely N-dealkylation sites (N-methyl/N-ethyl adjacent to an activating group) is 1. The zero-order valence-corrected chi connectivity index (χ0v) is 17.9. The first-order chi connectivity index (χ1) is 14.4. The maximum Gasteiger partial charge on any atom is 0.274 e. The smallest absolute Gasteiger partial charge is 0.274 e. The Balaban J connectivity index is 1.72. The van der Waals surface area contributed by atoms with E-state index in [0.29, 0.717) is 31.9 Å². The fourth-order valence-electron chi connectivity index (χ4n) is 3.52. The van der Waals surface area contributed by atoms with Crippen LogP contribution < -0.4 is 5.32 Å². The molecule has 8 heteroatoms. The molecular weight excluding hydrogens is 382 g/mol. The summed E-state index contributed by atoms with van der Waals surface area (Å²) in [4.78, 5) is 40.8. The van der Waals surface area contributed by atoms with Gasteiger partial charge in [0.2, 0.25) is 5.91 Å². The minimum atomic E-state index is -0.375. The van der Waals surface area contributed by atoms with E-state index >= 15 is 0 Å². The largest absolute Gasteiger partial charge is 0.355 e. The van der Waals surface area contributed by atoms with Gasteiger partial charge in [0.1, 0.15) is 5.69 Å². The Bertz CT molecular complexity index is 937. The molecule has 3 rings (SSSR count). The quantitative estimate of drug-likeness (QED) is 0.753. The highest BCUT2D eigenvalue weighted by Gasteiger charge is 2.27. The molecule has 30 heavy (non-hydrogen) atoms. The van der Waals surface area contributed by atoms with Gasteiger partial charge in [0, 0.05) is 39.3 Å². The van der Waals surface area contributed by atoms with E-state index < -0.39 is 0 Å². The van der Waals surface area contributed by atoms with Crippen LogP contribution in [-0.2, 0) is 17.9 Å². The normalized spacial score (nSPS) is 13.6. The van der Waals surface area contributed by atoms with Crippen LogP contribution in [0.25, 0.3) is 0 Å². The Hall–Kier alpha value is -3.16. The zero-order valence-electron chi connectivity index (χ0n) is 17.9. The Morgan fingerprint density at radius 3 is 2.77 bits per heavy atom. The van der Waals surface area contributed by atoms with Gasteiger partial charge in [-0.25, -0.2) is 0 Å². The monoisotopic (exact) mass is 411 g/mol. The van der Waals surface area contributed by atoms with Gasteiger partial charge in [-0.05, 0) is 25.3 Å². The number of rotatable bonds is 7. The van der Waals surface area contributed by atoms with Crippen molar-refractivity contribution in [2.45, 2.75) is 39.8 Å². The lowest BCUT2D eigenvalue weighted by atomic mass is 10.1. The Labute approximate surface area is 176 Å². The standard InChI is InChI=1S/C22H29N5O3/c1-4-9-23-20(28)15-25(3)21(29)18-13-19-22(30)26(10-6-11-27(19)24-18)14-17-8-5-7-16(2)12-17/h5,7-8,12-13H,4,6,9-11,14-15H2,1-3H3,(H,23,28). The first-order valence-electron chi connectivity index (χ1n) is 10.3. The van der Waals surface area contributed by atoms with Gasteiger partial charge in [-0.3, -0.25) is 19.1 Å². The average Bonchev–Trinajstić information content (AvgIpc) is 3.08. The maximum atomic E-state index is 13.1. The lowest BCUT2D eigenvalue weighted by molar-refractivity contribution is -0.121. The summed E-state index contributed by atoms with van der Waals surface area (Å²) >= 11 is 0. The van der Waals surface area contributed by atoms with Crippen LogP contribution in [-0.4, -0.2) is 64.0 Å². The third kappa shape index (κ3) is 5.06. The van der Waals surface area contributed by atoms with Crippen molar-refractivity contribution in [1.82, 2.24) is 24.9 Å². The number of amides is 3. The number of aryl methyl sites for hydroxylation is 2. The molecule has 1 aromatic carbocycles. The molecule has 0 aliphatic carbocycles. The van der Waals surface area contributed by atoms with Crippen LogP contribution in [0.4, 0.5) is 0 Å². The molecule has 0 saturated heterocycles. The zero-order chi connectivity index (χ0) is 21.7. The second kappa shape index (κ2) is 9.56. The van der Waals surface area contributed by atoms with Gasteiger partial charge in [-0.15, -0.1) is 0 Å². The highest BCUT2D eigenvalue weighted by Crippen LogP contribution is 2.18. The van der Waals surface area contributed by atoms with Crippen molar-refractivity contribution < 1.29 is 14.4 Å². The second-order valence-electron chi connectivity index (χ2n) is 7.72. The Kier molecular flexibility index (Phi) is 6.87. The van der Waals surface area contributed by atoms with Crippen molar-refractivity contribution in [3.8, 4) is 0 Å². The van der Waals surface area contributed by atoms with E-state index in [1.54, 1.807) is 22.7 Å². The van der Waals surface area contributed by atoms with E-state index in [1.165, 1.54) is 4.90 Å². The summed E-state index contributed by atoms with van der Waals surface area (Å²) in [6, 6.07) is 9.64. The molecule has 3 amide bonds. The molecule has 2 heterocycles. The summed E-state index contributed by atoms with van der Waals surface area (Å²) < 4.78 is 1.61. The maximum absolute atomic E-state index is 13.1. The number of aromatic nitrogens is 2. The van der Waals surface area contributed by atoms with Gasteiger partial charge in [0.05, 0.1) is 6.54 Å². The number of fused-ring (bicyclic) bond motifs is 1. The molecule has 0 fully saturated rings. The first kappa shape index (κ1) is 21.5. The fraction of sp³-hybridized carbons (Fsp3) is 0.455. The molecule has 0 unspecified atom stereocenters. The molecular formula is C22H29N5O3. The van der Waals surface area contributed by atoms with Gasteiger partial charge in [0.15, 0.2) is 5.69 Å². The topological polar surface area (TPSA) is 87.5 Å². The third-order valence-corrected chi connectivity index (χ3v) is 5.06. The second-order valence-corrected chi connectivity index (χ2v) is 7.72. The van der Waals surface area contributed by atoms with Crippen LogP contribution in [0, 0.1) is 6.92 Å². The molecule has 0 saturated carbocycles. The molecule has 1 aromatic heterocycles. The van der Waals surface area contributed by atoms with E-state index in [9.17, 15) is 14.4 Å². The number of benzene rings is 1. The lowest BCUT2D eigenvalue weighted by Gasteiger charge is -2.20. The molecule has 1 aliphatic heterocycles. The highest BCUT2D eigenvalue weighted by molar-refractivity contribution is 5.99. The van der Waals surface area contributed by atoms with Gasteiger partial charge in [-0.1, -0.05) is 36.8 Å². The molecule has 1 aliphatic rings. The van der Waals surface area contributed by atoms with Crippen molar-refractivity contribution >= 4 is 17.7 Å². The van der Waals surface area contributed by atoms with E-state index in [-0.39, 0.29) is 30.0 Å². The molecule has 0 atom stereocenters. The fourth-order valence-corrected chi connectivity index (χ4v) is 3.52. The summed E-state index contributed by atoms with van der Waals surface area (Å²) in [5, 5.41) is 7.10. The summed E-state index contributed by atoms with van der Waals surface area (Å²) in [6.45, 7) is 6.24. The van der Waals surface area contributed by atoms with Crippen molar-refractivity contribution in [2.75, 3.05) is 26.7 Å². The van der Waals surface area contributed by atoms with Crippen molar-refractivity contribution in [3.63, 3.8) is 0 Å².